The SMILES string of the molecule is CC(C(=O)O)N1C(=O)CC(N2CCCC2)C1=O. The molecule has 0 aromatic heterocycles. The van der Waals surface area contributed by atoms with E-state index in [0.717, 1.165) is 30.8 Å². The Morgan fingerprint density at radius 2 is 1.94 bits per heavy atom. The molecule has 2 unspecified atom stereocenters. The van der Waals surface area contributed by atoms with E-state index >= 15 is 0 Å². The molecule has 0 saturated carbocycles. The zero-order chi connectivity index (χ0) is 12.6. The van der Waals surface area contributed by atoms with Crippen LogP contribution in [0.2, 0.25) is 0 Å². The molecule has 6 nitrogen and oxygen atoms in total. The number of carboxylic acid groups (broad SMARTS) is 1. The number of carbonyl (C=O) groups excluding carboxylic acids is 2. The monoisotopic (exact) mass is 240 g/mol. The topological polar surface area (TPSA) is 77.9 Å². The molecule has 0 aromatic carbocycles. The van der Waals surface area contributed by atoms with E-state index in [1.165, 1.54) is 6.92 Å². The van der Waals surface area contributed by atoms with Crippen LogP contribution in [0.15, 0.2) is 0 Å². The smallest absolute Gasteiger partial charge is 0.326 e. The maximum atomic E-state index is 12.0. The molecule has 0 bridgehead atoms. The van der Waals surface area contributed by atoms with Crippen LogP contribution < -0.4 is 0 Å². The summed E-state index contributed by atoms with van der Waals surface area (Å²) in [5, 5.41) is 8.87. The molecule has 2 atom stereocenters. The molecule has 0 aromatic rings. The van der Waals surface area contributed by atoms with Gasteiger partial charge in [0, 0.05) is 0 Å². The summed E-state index contributed by atoms with van der Waals surface area (Å²) >= 11 is 0. The van der Waals surface area contributed by atoms with Gasteiger partial charge in [0.25, 0.3) is 0 Å². The van der Waals surface area contributed by atoms with Crippen LogP contribution in [0.1, 0.15) is 26.2 Å². The van der Waals surface area contributed by atoms with Gasteiger partial charge in [-0.15, -0.1) is 0 Å². The van der Waals surface area contributed by atoms with Gasteiger partial charge in [-0.3, -0.25) is 19.4 Å². The molecule has 2 rings (SSSR count). The van der Waals surface area contributed by atoms with Crippen LogP contribution in [-0.2, 0) is 14.4 Å². The van der Waals surface area contributed by atoms with Gasteiger partial charge < -0.3 is 5.11 Å². The van der Waals surface area contributed by atoms with E-state index in [1.54, 1.807) is 0 Å². The Kier molecular flexibility index (Phi) is 3.15. The maximum Gasteiger partial charge on any atom is 0.326 e. The van der Waals surface area contributed by atoms with Crippen LogP contribution >= 0.6 is 0 Å². The minimum atomic E-state index is -1.14. The molecule has 2 saturated heterocycles. The van der Waals surface area contributed by atoms with Crippen LogP contribution in [-0.4, -0.2) is 57.9 Å². The molecule has 2 heterocycles. The summed E-state index contributed by atoms with van der Waals surface area (Å²) in [6.07, 6.45) is 2.19. The number of nitrogens with zero attached hydrogens (tertiary/aromatic N) is 2. The number of aliphatic carboxylic acids is 1. The van der Waals surface area contributed by atoms with Gasteiger partial charge in [0.2, 0.25) is 11.8 Å². The average molecular weight is 240 g/mol. The van der Waals surface area contributed by atoms with E-state index in [9.17, 15) is 14.4 Å². The number of rotatable bonds is 3. The predicted octanol–water partition coefficient (Wildman–Crippen LogP) is -0.317. The molecule has 17 heavy (non-hydrogen) atoms. The second-order valence-corrected chi connectivity index (χ2v) is 4.58. The van der Waals surface area contributed by atoms with E-state index in [0.29, 0.717) is 0 Å². The molecular formula is C11H16N2O4. The summed E-state index contributed by atoms with van der Waals surface area (Å²) < 4.78 is 0. The van der Waals surface area contributed by atoms with Gasteiger partial charge >= 0.3 is 5.97 Å². The Labute approximate surface area is 99.2 Å². The number of likely N-dealkylation sites (tertiary alicyclic amines) is 2. The van der Waals surface area contributed by atoms with Crippen molar-refractivity contribution in [1.29, 1.82) is 0 Å². The van der Waals surface area contributed by atoms with Gasteiger partial charge in [-0.25, -0.2) is 4.79 Å². The van der Waals surface area contributed by atoms with Crippen molar-refractivity contribution in [2.45, 2.75) is 38.3 Å². The summed E-state index contributed by atoms with van der Waals surface area (Å²) in [6.45, 7) is 3.00. The normalized spacial score (nSPS) is 27.8. The second kappa shape index (κ2) is 4.44. The molecule has 2 fully saturated rings. The lowest BCUT2D eigenvalue weighted by Crippen LogP contribution is -2.46. The fourth-order valence-electron chi connectivity index (χ4n) is 2.49. The Hall–Kier alpha value is -1.43. The Morgan fingerprint density at radius 1 is 1.35 bits per heavy atom. The van der Waals surface area contributed by atoms with Crippen molar-refractivity contribution in [1.82, 2.24) is 9.80 Å². The minimum absolute atomic E-state index is 0.121. The van der Waals surface area contributed by atoms with Gasteiger partial charge in [0.15, 0.2) is 0 Å². The summed E-state index contributed by atoms with van der Waals surface area (Å²) in [6, 6.07) is -1.51. The fraction of sp³-hybridized carbons (Fsp3) is 0.727. The predicted molar refractivity (Wildman–Crippen MR) is 58.2 cm³/mol. The molecule has 2 aliphatic heterocycles. The van der Waals surface area contributed by atoms with E-state index in [2.05, 4.69) is 0 Å². The quantitative estimate of drug-likeness (QED) is 0.684. The highest BCUT2D eigenvalue weighted by atomic mass is 16.4. The number of carbonyl (C=O) groups is 3. The Balaban J connectivity index is 2.13. The van der Waals surface area contributed by atoms with Crippen molar-refractivity contribution in [3.05, 3.63) is 0 Å². The van der Waals surface area contributed by atoms with Gasteiger partial charge in [0.1, 0.15) is 6.04 Å². The highest BCUT2D eigenvalue weighted by Crippen LogP contribution is 2.24. The lowest BCUT2D eigenvalue weighted by atomic mass is 10.2. The van der Waals surface area contributed by atoms with Gasteiger partial charge in [0.05, 0.1) is 12.5 Å². The lowest BCUT2D eigenvalue weighted by molar-refractivity contribution is -0.154. The first-order chi connectivity index (χ1) is 8.02. The molecular weight excluding hydrogens is 224 g/mol. The van der Waals surface area contributed by atoms with Crippen LogP contribution in [0.4, 0.5) is 0 Å². The van der Waals surface area contributed by atoms with Crippen LogP contribution in [0.3, 0.4) is 0 Å². The van der Waals surface area contributed by atoms with Crippen LogP contribution in [0, 0.1) is 0 Å². The van der Waals surface area contributed by atoms with E-state index in [-0.39, 0.29) is 18.2 Å². The van der Waals surface area contributed by atoms with Crippen molar-refractivity contribution in [2.75, 3.05) is 13.1 Å². The van der Waals surface area contributed by atoms with Crippen molar-refractivity contribution in [3.8, 4) is 0 Å². The first-order valence-corrected chi connectivity index (χ1v) is 5.85. The second-order valence-electron chi connectivity index (χ2n) is 4.58. The summed E-state index contributed by atoms with van der Waals surface area (Å²) in [4.78, 5) is 37.5. The van der Waals surface area contributed by atoms with Crippen LogP contribution in [0.5, 0.6) is 0 Å². The molecule has 2 amide bonds. The van der Waals surface area contributed by atoms with Gasteiger partial charge in [-0.2, -0.15) is 0 Å². The standard InChI is InChI=1S/C11H16N2O4/c1-7(11(16)17)13-9(14)6-8(10(13)15)12-4-2-3-5-12/h7-8H,2-6H2,1H3,(H,16,17). The van der Waals surface area contributed by atoms with Gasteiger partial charge in [-0.05, 0) is 32.9 Å². The van der Waals surface area contributed by atoms with Gasteiger partial charge in [-0.1, -0.05) is 0 Å². The third kappa shape index (κ3) is 2.04. The molecule has 1 N–H and O–H groups in total. The summed E-state index contributed by atoms with van der Waals surface area (Å²) in [5.74, 6) is -1.87. The molecule has 2 aliphatic rings. The maximum absolute atomic E-state index is 12.0. The van der Waals surface area contributed by atoms with E-state index in [4.69, 9.17) is 5.11 Å². The Morgan fingerprint density at radius 3 is 2.47 bits per heavy atom. The van der Waals surface area contributed by atoms with Crippen molar-refractivity contribution >= 4 is 17.8 Å². The molecule has 0 radical (unpaired) electrons. The first-order valence-electron chi connectivity index (χ1n) is 5.85. The van der Waals surface area contributed by atoms with Crippen molar-refractivity contribution in [3.63, 3.8) is 0 Å². The number of hydrogen-bond donors (Lipinski definition) is 1. The molecule has 6 heteroatoms. The molecule has 0 spiro atoms. The number of amides is 2. The summed E-state index contributed by atoms with van der Waals surface area (Å²) in [5.41, 5.74) is 0. The third-order valence-corrected chi connectivity index (χ3v) is 3.49. The third-order valence-electron chi connectivity index (χ3n) is 3.49. The average Bonchev–Trinajstić information content (AvgIpc) is 2.86. The largest absolute Gasteiger partial charge is 0.480 e. The van der Waals surface area contributed by atoms with E-state index < -0.39 is 18.1 Å². The number of hydrogen-bond acceptors (Lipinski definition) is 4. The number of carboxylic acids is 1. The molecule has 0 aliphatic carbocycles. The zero-order valence-corrected chi connectivity index (χ0v) is 9.76. The van der Waals surface area contributed by atoms with Crippen LogP contribution in [0.25, 0.3) is 0 Å². The number of imide groups is 1. The zero-order valence-electron chi connectivity index (χ0n) is 9.76. The highest BCUT2D eigenvalue weighted by molar-refractivity contribution is 6.07. The fourth-order valence-corrected chi connectivity index (χ4v) is 2.49. The first kappa shape index (κ1) is 12.0. The highest BCUT2D eigenvalue weighted by Gasteiger charge is 2.45. The molecule has 94 valence electrons. The Bertz CT molecular complexity index is 362. The minimum Gasteiger partial charge on any atom is -0.480 e. The summed E-state index contributed by atoms with van der Waals surface area (Å²) in [7, 11) is 0. The van der Waals surface area contributed by atoms with Crippen molar-refractivity contribution in [2.24, 2.45) is 0 Å². The lowest BCUT2D eigenvalue weighted by Gasteiger charge is -2.23. The van der Waals surface area contributed by atoms with E-state index in [1.807, 2.05) is 4.90 Å². The van der Waals surface area contributed by atoms with Crippen molar-refractivity contribution < 1.29 is 19.5 Å².